The minimum atomic E-state index is -0.262. The van der Waals surface area contributed by atoms with Crippen LogP contribution in [-0.2, 0) is 9.53 Å². The number of benzene rings is 2. The summed E-state index contributed by atoms with van der Waals surface area (Å²) in [7, 11) is 1.93. The zero-order chi connectivity index (χ0) is 18.5. The molecule has 26 heavy (non-hydrogen) atoms. The molecule has 138 valence electrons. The molecule has 1 amide bonds. The third-order valence-electron chi connectivity index (χ3n) is 4.72. The average Bonchev–Trinajstić information content (AvgIpc) is 2.64. The Morgan fingerprint density at radius 3 is 2.50 bits per heavy atom. The summed E-state index contributed by atoms with van der Waals surface area (Å²) in [6.45, 7) is 4.11. The monoisotopic (exact) mass is 356 g/mol. The summed E-state index contributed by atoms with van der Waals surface area (Å²) in [5, 5.41) is 0. The number of morpholine rings is 1. The molecule has 1 heterocycles. The summed E-state index contributed by atoms with van der Waals surface area (Å²) in [6, 6.07) is 16.4. The topological polar surface area (TPSA) is 32.8 Å². The lowest BCUT2D eigenvalue weighted by atomic mass is 9.97. The normalized spacial score (nSPS) is 18.8. The van der Waals surface area contributed by atoms with Crippen LogP contribution in [0, 0.1) is 5.82 Å². The zero-order valence-electron chi connectivity index (χ0n) is 15.3. The Kier molecular flexibility index (Phi) is 6.01. The van der Waals surface area contributed by atoms with E-state index in [9.17, 15) is 9.18 Å². The van der Waals surface area contributed by atoms with Gasteiger partial charge in [-0.1, -0.05) is 42.5 Å². The van der Waals surface area contributed by atoms with E-state index < -0.39 is 0 Å². The fourth-order valence-electron chi connectivity index (χ4n) is 3.43. The number of rotatable bonds is 5. The van der Waals surface area contributed by atoms with Crippen molar-refractivity contribution in [1.82, 2.24) is 9.80 Å². The number of carbonyl (C=O) groups is 1. The van der Waals surface area contributed by atoms with Crippen LogP contribution in [0.1, 0.15) is 24.1 Å². The Bertz CT molecular complexity index is 721. The molecule has 1 saturated heterocycles. The van der Waals surface area contributed by atoms with Gasteiger partial charge in [0.15, 0.2) is 0 Å². The molecule has 0 bridgehead atoms. The van der Waals surface area contributed by atoms with E-state index in [1.54, 1.807) is 12.1 Å². The van der Waals surface area contributed by atoms with Crippen LogP contribution in [-0.4, -0.2) is 55.1 Å². The van der Waals surface area contributed by atoms with Gasteiger partial charge in [0, 0.05) is 13.1 Å². The molecule has 1 aliphatic rings. The van der Waals surface area contributed by atoms with Crippen molar-refractivity contribution < 1.29 is 13.9 Å². The van der Waals surface area contributed by atoms with E-state index in [4.69, 9.17) is 4.74 Å². The first-order valence-electron chi connectivity index (χ1n) is 8.94. The maximum Gasteiger partial charge on any atom is 0.236 e. The highest BCUT2D eigenvalue weighted by atomic mass is 19.1. The van der Waals surface area contributed by atoms with Gasteiger partial charge in [-0.2, -0.15) is 0 Å². The van der Waals surface area contributed by atoms with Crippen molar-refractivity contribution in [3.63, 3.8) is 0 Å². The van der Waals surface area contributed by atoms with E-state index in [1.807, 2.05) is 54.1 Å². The molecule has 1 fully saturated rings. The van der Waals surface area contributed by atoms with Crippen LogP contribution in [0.15, 0.2) is 54.6 Å². The van der Waals surface area contributed by atoms with Gasteiger partial charge < -0.3 is 9.64 Å². The second-order valence-electron chi connectivity index (χ2n) is 6.80. The first-order valence-corrected chi connectivity index (χ1v) is 8.94. The van der Waals surface area contributed by atoms with Gasteiger partial charge in [0.1, 0.15) is 5.82 Å². The zero-order valence-corrected chi connectivity index (χ0v) is 15.3. The van der Waals surface area contributed by atoms with Crippen LogP contribution in [0.5, 0.6) is 0 Å². The number of hydrogen-bond acceptors (Lipinski definition) is 3. The second-order valence-corrected chi connectivity index (χ2v) is 6.80. The Labute approximate surface area is 154 Å². The second kappa shape index (κ2) is 8.43. The third-order valence-corrected chi connectivity index (χ3v) is 4.72. The summed E-state index contributed by atoms with van der Waals surface area (Å²) < 4.78 is 18.9. The van der Waals surface area contributed by atoms with Gasteiger partial charge in [-0.15, -0.1) is 0 Å². The Morgan fingerprint density at radius 1 is 1.19 bits per heavy atom. The maximum atomic E-state index is 13.4. The van der Waals surface area contributed by atoms with Crippen LogP contribution in [0.25, 0.3) is 0 Å². The number of hydrogen-bond donors (Lipinski definition) is 0. The SMILES string of the molecule is C[C@H]1CN(C(=O)CN(C)[C@H](c2ccccc2)c2ccc(F)cc2)CCO1. The predicted molar refractivity (Wildman–Crippen MR) is 99.3 cm³/mol. The summed E-state index contributed by atoms with van der Waals surface area (Å²) in [5.41, 5.74) is 2.04. The molecule has 0 spiro atoms. The summed E-state index contributed by atoms with van der Waals surface area (Å²) >= 11 is 0. The van der Waals surface area contributed by atoms with Crippen LogP contribution >= 0.6 is 0 Å². The molecule has 0 aromatic heterocycles. The highest BCUT2D eigenvalue weighted by molar-refractivity contribution is 5.78. The van der Waals surface area contributed by atoms with E-state index in [1.165, 1.54) is 12.1 Å². The lowest BCUT2D eigenvalue weighted by Gasteiger charge is -2.34. The number of amides is 1. The first-order chi connectivity index (χ1) is 12.5. The van der Waals surface area contributed by atoms with Gasteiger partial charge in [0.25, 0.3) is 0 Å². The molecule has 4 nitrogen and oxygen atoms in total. The number of nitrogens with zero attached hydrogens (tertiary/aromatic N) is 2. The quantitative estimate of drug-likeness (QED) is 0.825. The van der Waals surface area contributed by atoms with Gasteiger partial charge in [-0.25, -0.2) is 4.39 Å². The van der Waals surface area contributed by atoms with Crippen LogP contribution in [0.2, 0.25) is 0 Å². The van der Waals surface area contributed by atoms with Crippen molar-refractivity contribution in [2.45, 2.75) is 19.1 Å². The molecule has 3 rings (SSSR count). The fourth-order valence-corrected chi connectivity index (χ4v) is 3.43. The maximum absolute atomic E-state index is 13.4. The van der Waals surface area contributed by atoms with E-state index in [-0.39, 0.29) is 23.9 Å². The van der Waals surface area contributed by atoms with Gasteiger partial charge in [-0.3, -0.25) is 9.69 Å². The minimum absolute atomic E-state index is 0.0695. The first kappa shape index (κ1) is 18.5. The summed E-state index contributed by atoms with van der Waals surface area (Å²) in [5.74, 6) is -0.174. The summed E-state index contributed by atoms with van der Waals surface area (Å²) in [4.78, 5) is 16.6. The molecule has 1 aliphatic heterocycles. The third kappa shape index (κ3) is 4.48. The largest absolute Gasteiger partial charge is 0.375 e. The molecule has 0 N–H and O–H groups in total. The van der Waals surface area contributed by atoms with Gasteiger partial charge >= 0.3 is 0 Å². The molecule has 2 aromatic rings. The van der Waals surface area contributed by atoms with Gasteiger partial charge in [-0.05, 0) is 37.2 Å². The Hall–Kier alpha value is -2.24. The average molecular weight is 356 g/mol. The van der Waals surface area contributed by atoms with Crippen LogP contribution in [0.4, 0.5) is 4.39 Å². The van der Waals surface area contributed by atoms with Crippen molar-refractivity contribution in [3.8, 4) is 0 Å². The lowest BCUT2D eigenvalue weighted by molar-refractivity contribution is -0.139. The molecular weight excluding hydrogens is 331 g/mol. The number of halogens is 1. The van der Waals surface area contributed by atoms with Crippen LogP contribution in [0.3, 0.4) is 0 Å². The summed E-state index contributed by atoms with van der Waals surface area (Å²) in [6.07, 6.45) is 0.0695. The Morgan fingerprint density at radius 2 is 1.85 bits per heavy atom. The van der Waals surface area contributed by atoms with Gasteiger partial charge in [0.2, 0.25) is 5.91 Å². The smallest absolute Gasteiger partial charge is 0.236 e. The molecule has 0 saturated carbocycles. The molecule has 5 heteroatoms. The number of likely N-dealkylation sites (N-methyl/N-ethyl adjacent to an activating group) is 1. The lowest BCUT2D eigenvalue weighted by Crippen LogP contribution is -2.48. The standard InChI is InChI=1S/C21H25FN2O2/c1-16-14-24(12-13-26-16)20(25)15-23(2)21(17-6-4-3-5-7-17)18-8-10-19(22)11-9-18/h3-11,16,21H,12-15H2,1-2H3/t16-,21+/m0/s1. The molecule has 2 aromatic carbocycles. The number of carbonyl (C=O) groups excluding carboxylic acids is 1. The molecule has 0 unspecified atom stereocenters. The van der Waals surface area contributed by atoms with Crippen molar-refractivity contribution in [2.24, 2.45) is 0 Å². The Balaban J connectivity index is 1.80. The highest BCUT2D eigenvalue weighted by Crippen LogP contribution is 2.27. The van der Waals surface area contributed by atoms with Crippen LogP contribution < -0.4 is 0 Å². The number of ether oxygens (including phenoxy) is 1. The van der Waals surface area contributed by atoms with E-state index >= 15 is 0 Å². The van der Waals surface area contributed by atoms with Crippen molar-refractivity contribution in [3.05, 3.63) is 71.5 Å². The molecule has 0 aliphatic carbocycles. The fraction of sp³-hybridized carbons (Fsp3) is 0.381. The molecule has 0 radical (unpaired) electrons. The minimum Gasteiger partial charge on any atom is -0.375 e. The van der Waals surface area contributed by atoms with Crippen molar-refractivity contribution in [1.29, 1.82) is 0 Å². The molecule has 2 atom stereocenters. The predicted octanol–water partition coefficient (Wildman–Crippen LogP) is 3.09. The highest BCUT2D eigenvalue weighted by Gasteiger charge is 2.26. The van der Waals surface area contributed by atoms with Gasteiger partial charge in [0.05, 0.1) is 25.3 Å². The van der Waals surface area contributed by atoms with Crippen molar-refractivity contribution in [2.75, 3.05) is 33.3 Å². The molecular formula is C21H25FN2O2. The van der Waals surface area contributed by atoms with E-state index in [0.29, 0.717) is 26.2 Å². The van der Waals surface area contributed by atoms with E-state index in [2.05, 4.69) is 0 Å². The van der Waals surface area contributed by atoms with Crippen molar-refractivity contribution >= 4 is 5.91 Å². The van der Waals surface area contributed by atoms with E-state index in [0.717, 1.165) is 11.1 Å².